The molecule has 0 spiro atoms. The number of aliphatic carboxylic acids is 1. The third-order valence-electron chi connectivity index (χ3n) is 0.631. The van der Waals surface area contributed by atoms with Crippen molar-refractivity contribution >= 4 is 11.9 Å². The first kappa shape index (κ1) is 8.83. The van der Waals surface area contributed by atoms with Crippen LogP contribution in [0.5, 0.6) is 0 Å². The van der Waals surface area contributed by atoms with Crippen molar-refractivity contribution in [2.24, 2.45) is 0 Å². The zero-order valence-electron chi connectivity index (χ0n) is 4.78. The van der Waals surface area contributed by atoms with Gasteiger partial charge in [0.2, 0.25) is 0 Å². The Kier molecular flexibility index (Phi) is 3.34. The fraction of sp³-hybridized carbons (Fsp3) is 0.500. The molecule has 0 amide bonds. The summed E-state index contributed by atoms with van der Waals surface area (Å²) in [6.45, 7) is -1.02. The van der Waals surface area contributed by atoms with E-state index >= 15 is 0 Å². The van der Waals surface area contributed by atoms with Crippen molar-refractivity contribution in [3.05, 3.63) is 0 Å². The SMILES string of the molecule is O=C(O)C(F)C(=O)OCO. The van der Waals surface area contributed by atoms with E-state index in [2.05, 4.69) is 4.74 Å². The number of hydrogen-bond donors (Lipinski definition) is 2. The van der Waals surface area contributed by atoms with E-state index in [0.29, 0.717) is 0 Å². The molecule has 0 heterocycles. The minimum Gasteiger partial charge on any atom is -0.479 e. The van der Waals surface area contributed by atoms with Crippen LogP contribution in [-0.2, 0) is 14.3 Å². The molecule has 0 aliphatic carbocycles. The van der Waals surface area contributed by atoms with Gasteiger partial charge in [0.25, 0.3) is 6.17 Å². The normalized spacial score (nSPS) is 12.2. The lowest BCUT2D eigenvalue weighted by Crippen LogP contribution is -2.27. The van der Waals surface area contributed by atoms with Crippen LogP contribution in [0.3, 0.4) is 0 Å². The highest BCUT2D eigenvalue weighted by Crippen LogP contribution is 1.93. The third kappa shape index (κ3) is 2.40. The predicted octanol–water partition coefficient (Wildman–Crippen LogP) is -1.10. The largest absolute Gasteiger partial charge is 0.479 e. The second-order valence-electron chi connectivity index (χ2n) is 1.29. The topological polar surface area (TPSA) is 83.8 Å². The standard InChI is InChI=1S/C4H5FO5/c5-2(3(7)8)4(9)10-1-6/h2,6H,1H2,(H,7,8). The number of esters is 1. The maximum Gasteiger partial charge on any atom is 0.354 e. The van der Waals surface area contributed by atoms with Gasteiger partial charge in [-0.1, -0.05) is 0 Å². The number of carboxylic acids is 1. The van der Waals surface area contributed by atoms with E-state index in [-0.39, 0.29) is 0 Å². The van der Waals surface area contributed by atoms with Gasteiger partial charge in [-0.15, -0.1) is 0 Å². The summed E-state index contributed by atoms with van der Waals surface area (Å²) in [6, 6.07) is 0. The highest BCUT2D eigenvalue weighted by atomic mass is 19.1. The van der Waals surface area contributed by atoms with Gasteiger partial charge in [0.1, 0.15) is 0 Å². The summed E-state index contributed by atoms with van der Waals surface area (Å²) in [7, 11) is 0. The smallest absolute Gasteiger partial charge is 0.354 e. The van der Waals surface area contributed by atoms with E-state index in [1.54, 1.807) is 0 Å². The van der Waals surface area contributed by atoms with E-state index in [9.17, 15) is 14.0 Å². The van der Waals surface area contributed by atoms with Gasteiger partial charge in [-0.05, 0) is 0 Å². The Bertz CT molecular complexity index is 145. The Morgan fingerprint density at radius 1 is 1.60 bits per heavy atom. The Balaban J connectivity index is 3.82. The lowest BCUT2D eigenvalue weighted by Gasteiger charge is -2.00. The summed E-state index contributed by atoms with van der Waals surface area (Å²) in [5.41, 5.74) is 0. The van der Waals surface area contributed by atoms with Crippen LogP contribution in [-0.4, -0.2) is 35.1 Å². The Labute approximate surface area is 55.0 Å². The van der Waals surface area contributed by atoms with E-state index in [0.717, 1.165) is 0 Å². The number of alkyl halides is 1. The van der Waals surface area contributed by atoms with Gasteiger partial charge in [-0.2, -0.15) is 0 Å². The number of carbonyl (C=O) groups is 2. The lowest BCUT2D eigenvalue weighted by atomic mass is 10.4. The molecule has 0 aromatic rings. The van der Waals surface area contributed by atoms with Crippen molar-refractivity contribution in [1.82, 2.24) is 0 Å². The summed E-state index contributed by atoms with van der Waals surface area (Å²) in [4.78, 5) is 19.7. The van der Waals surface area contributed by atoms with Gasteiger partial charge in [0.05, 0.1) is 0 Å². The molecule has 10 heavy (non-hydrogen) atoms. The van der Waals surface area contributed by atoms with Gasteiger partial charge in [-0.25, -0.2) is 14.0 Å². The molecule has 0 rings (SSSR count). The van der Waals surface area contributed by atoms with Crippen LogP contribution in [0.15, 0.2) is 0 Å². The molecule has 0 saturated heterocycles. The van der Waals surface area contributed by atoms with Crippen molar-refractivity contribution in [1.29, 1.82) is 0 Å². The maximum atomic E-state index is 11.9. The van der Waals surface area contributed by atoms with E-state index < -0.39 is 24.9 Å². The molecule has 6 heteroatoms. The Morgan fingerprint density at radius 2 is 2.10 bits per heavy atom. The average molecular weight is 152 g/mol. The van der Waals surface area contributed by atoms with Crippen molar-refractivity contribution in [2.45, 2.75) is 6.17 Å². The average Bonchev–Trinajstić information content (AvgIpc) is 1.87. The molecule has 0 fully saturated rings. The predicted molar refractivity (Wildman–Crippen MR) is 25.7 cm³/mol. The van der Waals surface area contributed by atoms with Crippen LogP contribution in [0.2, 0.25) is 0 Å². The lowest BCUT2D eigenvalue weighted by molar-refractivity contribution is -0.165. The van der Waals surface area contributed by atoms with Crippen molar-refractivity contribution in [3.8, 4) is 0 Å². The number of hydrogen-bond acceptors (Lipinski definition) is 4. The molecule has 0 saturated carbocycles. The summed E-state index contributed by atoms with van der Waals surface area (Å²) < 4.78 is 15.5. The summed E-state index contributed by atoms with van der Waals surface area (Å²) in [6.07, 6.45) is -2.72. The maximum absolute atomic E-state index is 11.9. The van der Waals surface area contributed by atoms with Crippen LogP contribution in [0.25, 0.3) is 0 Å². The van der Waals surface area contributed by atoms with Gasteiger partial charge in [0.15, 0.2) is 6.79 Å². The van der Waals surface area contributed by atoms with Gasteiger partial charge >= 0.3 is 11.9 Å². The van der Waals surface area contributed by atoms with Crippen molar-refractivity contribution in [2.75, 3.05) is 6.79 Å². The molecule has 58 valence electrons. The van der Waals surface area contributed by atoms with E-state index in [1.165, 1.54) is 0 Å². The third-order valence-corrected chi connectivity index (χ3v) is 0.631. The fourth-order valence-corrected chi connectivity index (χ4v) is 0.238. The second kappa shape index (κ2) is 3.78. The Morgan fingerprint density at radius 3 is 2.40 bits per heavy atom. The van der Waals surface area contributed by atoms with Gasteiger partial charge in [-0.3, -0.25) is 0 Å². The van der Waals surface area contributed by atoms with Crippen molar-refractivity contribution < 1.29 is 28.9 Å². The van der Waals surface area contributed by atoms with Gasteiger partial charge in [0, 0.05) is 0 Å². The van der Waals surface area contributed by atoms with Crippen LogP contribution in [0, 0.1) is 0 Å². The molecule has 0 radical (unpaired) electrons. The van der Waals surface area contributed by atoms with Gasteiger partial charge < -0.3 is 14.9 Å². The molecule has 0 aliphatic heterocycles. The second-order valence-corrected chi connectivity index (χ2v) is 1.29. The van der Waals surface area contributed by atoms with Crippen LogP contribution >= 0.6 is 0 Å². The van der Waals surface area contributed by atoms with Crippen LogP contribution in [0.1, 0.15) is 0 Å². The monoisotopic (exact) mass is 152 g/mol. The zero-order valence-corrected chi connectivity index (χ0v) is 4.78. The Hall–Kier alpha value is -1.17. The molecule has 0 aromatic heterocycles. The number of aliphatic hydroxyl groups is 1. The molecule has 1 atom stereocenters. The fourth-order valence-electron chi connectivity index (χ4n) is 0.238. The molecular formula is C4H5FO5. The molecule has 0 aliphatic rings. The number of halogens is 1. The van der Waals surface area contributed by atoms with Crippen LogP contribution in [0.4, 0.5) is 4.39 Å². The summed E-state index contributed by atoms with van der Waals surface area (Å²) in [5, 5.41) is 15.7. The molecule has 5 nitrogen and oxygen atoms in total. The quantitative estimate of drug-likeness (QED) is 0.304. The highest BCUT2D eigenvalue weighted by molar-refractivity contribution is 5.96. The zero-order chi connectivity index (χ0) is 8.15. The molecule has 1 unspecified atom stereocenters. The highest BCUT2D eigenvalue weighted by Gasteiger charge is 2.26. The minimum absolute atomic E-state index is 1.02. The molecule has 0 bridgehead atoms. The first-order chi connectivity index (χ1) is 4.59. The van der Waals surface area contributed by atoms with Crippen molar-refractivity contribution in [3.63, 3.8) is 0 Å². The molecule has 2 N–H and O–H groups in total. The number of aliphatic hydroxyl groups excluding tert-OH is 1. The number of carbonyl (C=O) groups excluding carboxylic acids is 1. The van der Waals surface area contributed by atoms with E-state index in [1.807, 2.05) is 0 Å². The number of rotatable bonds is 3. The molecular weight excluding hydrogens is 147 g/mol. The first-order valence-corrected chi connectivity index (χ1v) is 2.24. The summed E-state index contributed by atoms with van der Waals surface area (Å²) >= 11 is 0. The summed E-state index contributed by atoms with van der Waals surface area (Å²) in [5.74, 6) is -3.53. The minimum atomic E-state index is -2.72. The van der Waals surface area contributed by atoms with E-state index in [4.69, 9.17) is 10.2 Å². The van der Waals surface area contributed by atoms with Crippen LogP contribution < -0.4 is 0 Å². The number of ether oxygens (including phenoxy) is 1. The first-order valence-electron chi connectivity index (χ1n) is 2.24. The molecule has 0 aromatic carbocycles. The number of carboxylic acid groups (broad SMARTS) is 1.